The lowest BCUT2D eigenvalue weighted by Crippen LogP contribution is -2.34. The lowest BCUT2D eigenvalue weighted by Gasteiger charge is -2.28. The van der Waals surface area contributed by atoms with Crippen LogP contribution in [0.4, 0.5) is 0 Å². The number of thiophene rings is 1. The average Bonchev–Trinajstić information content (AvgIpc) is 2.61. The molecule has 2 heteroatoms. The van der Waals surface area contributed by atoms with Crippen LogP contribution < -0.4 is 5.73 Å². The predicted molar refractivity (Wildman–Crippen MR) is 58.0 cm³/mol. The van der Waals surface area contributed by atoms with E-state index in [9.17, 15) is 0 Å². The van der Waals surface area contributed by atoms with Crippen LogP contribution in [0.25, 0.3) is 0 Å². The monoisotopic (exact) mass is 195 g/mol. The molecule has 0 amide bonds. The van der Waals surface area contributed by atoms with E-state index in [-0.39, 0.29) is 0 Å². The van der Waals surface area contributed by atoms with Gasteiger partial charge in [-0.25, -0.2) is 0 Å². The Morgan fingerprint density at radius 1 is 1.38 bits per heavy atom. The summed E-state index contributed by atoms with van der Waals surface area (Å²) >= 11 is 1.79. The van der Waals surface area contributed by atoms with E-state index in [0.717, 1.165) is 5.92 Å². The molecule has 1 nitrogen and oxygen atoms in total. The van der Waals surface area contributed by atoms with Crippen LogP contribution in [0.15, 0.2) is 16.8 Å². The first-order chi connectivity index (χ1) is 6.36. The fourth-order valence-electron chi connectivity index (χ4n) is 2.20. The molecule has 1 heterocycles. The fourth-order valence-corrected chi connectivity index (χ4v) is 2.88. The number of rotatable bonds is 2. The molecule has 72 valence electrons. The van der Waals surface area contributed by atoms with Gasteiger partial charge < -0.3 is 5.73 Å². The highest BCUT2D eigenvalue weighted by Crippen LogP contribution is 2.26. The van der Waals surface area contributed by atoms with Crippen molar-refractivity contribution in [2.75, 3.05) is 0 Å². The second kappa shape index (κ2) is 4.25. The molecule has 2 unspecified atom stereocenters. The third-order valence-corrected chi connectivity index (χ3v) is 3.78. The van der Waals surface area contributed by atoms with Crippen molar-refractivity contribution in [1.29, 1.82) is 0 Å². The molecule has 0 aromatic carbocycles. The number of hydrogen-bond donors (Lipinski definition) is 1. The summed E-state index contributed by atoms with van der Waals surface area (Å²) < 4.78 is 0. The molecule has 13 heavy (non-hydrogen) atoms. The van der Waals surface area contributed by atoms with Crippen molar-refractivity contribution in [3.8, 4) is 0 Å². The van der Waals surface area contributed by atoms with Crippen LogP contribution in [0.1, 0.15) is 31.2 Å². The molecule has 0 bridgehead atoms. The zero-order chi connectivity index (χ0) is 9.10. The quantitative estimate of drug-likeness (QED) is 0.771. The van der Waals surface area contributed by atoms with Crippen LogP contribution in [0.5, 0.6) is 0 Å². The molecule has 0 saturated heterocycles. The predicted octanol–water partition coefficient (Wildman–Crippen LogP) is 2.81. The Bertz CT molecular complexity index is 243. The Labute approximate surface area is 84.0 Å². The zero-order valence-electron chi connectivity index (χ0n) is 7.91. The Balaban J connectivity index is 1.93. The maximum atomic E-state index is 6.10. The first-order valence-corrected chi connectivity index (χ1v) is 6.07. The van der Waals surface area contributed by atoms with Gasteiger partial charge in [0.15, 0.2) is 0 Å². The van der Waals surface area contributed by atoms with Gasteiger partial charge in [0.1, 0.15) is 0 Å². The number of nitrogens with two attached hydrogens (primary N) is 1. The van der Waals surface area contributed by atoms with E-state index in [1.165, 1.54) is 37.7 Å². The topological polar surface area (TPSA) is 26.0 Å². The van der Waals surface area contributed by atoms with Crippen molar-refractivity contribution in [2.24, 2.45) is 11.7 Å². The summed E-state index contributed by atoms with van der Waals surface area (Å²) in [6.45, 7) is 0. The first kappa shape index (κ1) is 9.22. The molecule has 1 aromatic heterocycles. The van der Waals surface area contributed by atoms with Crippen LogP contribution in [-0.2, 0) is 6.42 Å². The van der Waals surface area contributed by atoms with E-state index >= 15 is 0 Å². The molecule has 1 aliphatic carbocycles. The van der Waals surface area contributed by atoms with Gasteiger partial charge in [-0.1, -0.05) is 12.8 Å². The van der Waals surface area contributed by atoms with Gasteiger partial charge in [0, 0.05) is 6.04 Å². The minimum absolute atomic E-state index is 0.452. The summed E-state index contributed by atoms with van der Waals surface area (Å²) in [4.78, 5) is 0. The van der Waals surface area contributed by atoms with Crippen LogP contribution in [0.3, 0.4) is 0 Å². The summed E-state index contributed by atoms with van der Waals surface area (Å²) in [6.07, 6.45) is 6.47. The minimum Gasteiger partial charge on any atom is -0.327 e. The lowest BCUT2D eigenvalue weighted by atomic mass is 9.82. The standard InChI is InChI=1S/C11H17NS/c12-11-4-2-1-3-10(11)7-9-5-6-13-8-9/h5-6,8,10-11H,1-4,7,12H2. The largest absolute Gasteiger partial charge is 0.327 e. The normalized spacial score (nSPS) is 29.0. The number of hydrogen-bond acceptors (Lipinski definition) is 2. The second-order valence-corrected chi connectivity index (χ2v) is 4.82. The van der Waals surface area contributed by atoms with Crippen molar-refractivity contribution in [2.45, 2.75) is 38.1 Å². The molecule has 0 aliphatic heterocycles. The van der Waals surface area contributed by atoms with E-state index in [1.807, 2.05) is 0 Å². The van der Waals surface area contributed by atoms with Crippen LogP contribution in [0.2, 0.25) is 0 Å². The Kier molecular flexibility index (Phi) is 3.01. The second-order valence-electron chi connectivity index (χ2n) is 4.04. The van der Waals surface area contributed by atoms with Crippen LogP contribution >= 0.6 is 11.3 Å². The highest BCUT2D eigenvalue weighted by Gasteiger charge is 2.21. The SMILES string of the molecule is NC1CCCCC1Cc1ccsc1. The average molecular weight is 195 g/mol. The van der Waals surface area contributed by atoms with Gasteiger partial charge in [0.2, 0.25) is 0 Å². The lowest BCUT2D eigenvalue weighted by molar-refractivity contribution is 0.306. The van der Waals surface area contributed by atoms with Gasteiger partial charge in [-0.15, -0.1) is 0 Å². The maximum Gasteiger partial charge on any atom is 0.00703 e. The molecule has 1 fully saturated rings. The van der Waals surface area contributed by atoms with Crippen molar-refractivity contribution < 1.29 is 0 Å². The summed E-state index contributed by atoms with van der Waals surface area (Å²) in [7, 11) is 0. The maximum absolute atomic E-state index is 6.10. The van der Waals surface area contributed by atoms with Crippen molar-refractivity contribution in [3.63, 3.8) is 0 Å². The van der Waals surface area contributed by atoms with E-state index in [1.54, 1.807) is 11.3 Å². The van der Waals surface area contributed by atoms with Gasteiger partial charge in [0.05, 0.1) is 0 Å². The fraction of sp³-hybridized carbons (Fsp3) is 0.636. The van der Waals surface area contributed by atoms with Crippen molar-refractivity contribution in [3.05, 3.63) is 22.4 Å². The highest BCUT2D eigenvalue weighted by atomic mass is 32.1. The van der Waals surface area contributed by atoms with Gasteiger partial charge in [0.25, 0.3) is 0 Å². The van der Waals surface area contributed by atoms with Crippen molar-refractivity contribution >= 4 is 11.3 Å². The van der Waals surface area contributed by atoms with Gasteiger partial charge >= 0.3 is 0 Å². The minimum atomic E-state index is 0.452. The molecular weight excluding hydrogens is 178 g/mol. The third kappa shape index (κ3) is 2.32. The van der Waals surface area contributed by atoms with E-state index < -0.39 is 0 Å². The summed E-state index contributed by atoms with van der Waals surface area (Å²) in [5, 5.41) is 4.41. The van der Waals surface area contributed by atoms with E-state index in [2.05, 4.69) is 16.8 Å². The summed E-state index contributed by atoms with van der Waals surface area (Å²) in [5.74, 6) is 0.739. The van der Waals surface area contributed by atoms with Gasteiger partial charge in [-0.2, -0.15) is 11.3 Å². The smallest absolute Gasteiger partial charge is 0.00703 e. The first-order valence-electron chi connectivity index (χ1n) is 5.13. The van der Waals surface area contributed by atoms with Gasteiger partial charge in [-0.05, 0) is 47.6 Å². The molecule has 2 atom stereocenters. The molecule has 1 aromatic rings. The van der Waals surface area contributed by atoms with Crippen LogP contribution in [-0.4, -0.2) is 6.04 Å². The molecule has 2 rings (SSSR count). The molecule has 0 spiro atoms. The highest BCUT2D eigenvalue weighted by molar-refractivity contribution is 7.07. The third-order valence-electron chi connectivity index (χ3n) is 3.05. The van der Waals surface area contributed by atoms with Crippen LogP contribution in [0, 0.1) is 5.92 Å². The Morgan fingerprint density at radius 2 is 2.23 bits per heavy atom. The summed E-state index contributed by atoms with van der Waals surface area (Å²) in [5.41, 5.74) is 7.58. The zero-order valence-corrected chi connectivity index (χ0v) is 8.72. The molecule has 0 radical (unpaired) electrons. The molecule has 1 saturated carbocycles. The van der Waals surface area contributed by atoms with Crippen molar-refractivity contribution in [1.82, 2.24) is 0 Å². The van der Waals surface area contributed by atoms with E-state index in [4.69, 9.17) is 5.73 Å². The van der Waals surface area contributed by atoms with Gasteiger partial charge in [-0.3, -0.25) is 0 Å². The molecular formula is C11H17NS. The molecule has 2 N–H and O–H groups in total. The summed E-state index contributed by atoms with van der Waals surface area (Å²) in [6, 6.07) is 2.68. The molecule has 1 aliphatic rings. The Hall–Kier alpha value is -0.340. The Morgan fingerprint density at radius 3 is 2.92 bits per heavy atom. The van der Waals surface area contributed by atoms with E-state index in [0.29, 0.717) is 6.04 Å².